The molecule has 2 heterocycles. The van der Waals surface area contributed by atoms with Crippen LogP contribution in [-0.2, 0) is 0 Å². The van der Waals surface area contributed by atoms with Gasteiger partial charge < -0.3 is 9.47 Å². The fourth-order valence-electron chi connectivity index (χ4n) is 5.25. The first kappa shape index (κ1) is 24.4. The molecule has 2 aliphatic heterocycles. The second-order valence-corrected chi connectivity index (χ2v) is 9.48. The van der Waals surface area contributed by atoms with E-state index in [4.69, 9.17) is 14.6 Å². The quantitative estimate of drug-likeness (QED) is 0.224. The van der Waals surface area contributed by atoms with E-state index in [2.05, 4.69) is 0 Å². The third kappa shape index (κ3) is 4.50. The lowest BCUT2D eigenvalue weighted by atomic mass is 9.89. The van der Waals surface area contributed by atoms with E-state index in [0.717, 1.165) is 22.4 Å². The van der Waals surface area contributed by atoms with Gasteiger partial charge in [-0.15, -0.1) is 0 Å². The molecule has 8 nitrogen and oxygen atoms in total. The van der Waals surface area contributed by atoms with Gasteiger partial charge in [0.1, 0.15) is 11.5 Å². The number of methoxy groups -OCH3 is 1. The van der Waals surface area contributed by atoms with E-state index >= 15 is 0 Å². The van der Waals surface area contributed by atoms with Crippen LogP contribution in [0, 0.1) is 10.1 Å². The number of benzene rings is 4. The van der Waals surface area contributed by atoms with E-state index in [1.54, 1.807) is 25.3 Å². The minimum Gasteiger partial charge on any atom is -0.497 e. The van der Waals surface area contributed by atoms with Gasteiger partial charge in [0.15, 0.2) is 17.9 Å². The highest BCUT2D eigenvalue weighted by Gasteiger charge is 2.46. The maximum atomic E-state index is 14.2. The van der Waals surface area contributed by atoms with Gasteiger partial charge in [-0.2, -0.15) is 5.10 Å². The number of hydrazone groups is 1. The van der Waals surface area contributed by atoms with Gasteiger partial charge in [-0.25, -0.2) is 0 Å². The number of rotatable bonds is 6. The van der Waals surface area contributed by atoms with Crippen LogP contribution < -0.4 is 9.47 Å². The number of Topliss-reactive ketones (excluding diaryl/α,β-unsaturated/α-hetero) is 1. The Morgan fingerprint density at radius 3 is 2.28 bits per heavy atom. The van der Waals surface area contributed by atoms with Gasteiger partial charge in [0.25, 0.3) is 5.69 Å². The molecule has 0 radical (unpaired) electrons. The van der Waals surface area contributed by atoms with E-state index in [-0.39, 0.29) is 17.5 Å². The first-order valence-corrected chi connectivity index (χ1v) is 12.6. The Morgan fingerprint density at radius 2 is 1.59 bits per heavy atom. The number of carbonyl (C=O) groups is 1. The van der Waals surface area contributed by atoms with Crippen molar-refractivity contribution in [3.63, 3.8) is 0 Å². The summed E-state index contributed by atoms with van der Waals surface area (Å²) in [6.45, 7) is 0. The number of non-ortho nitro benzene ring substituents is 1. The van der Waals surface area contributed by atoms with Crippen molar-refractivity contribution in [3.05, 3.63) is 135 Å². The van der Waals surface area contributed by atoms with E-state index in [0.29, 0.717) is 23.5 Å². The summed E-state index contributed by atoms with van der Waals surface area (Å²) < 4.78 is 11.8. The smallest absolute Gasteiger partial charge is 0.269 e. The SMILES string of the molecule is COc1ccc(C2Oc3ccccc3C(=O)C2N2N=C(c3ccc([N+](=O)[O-])cc3)CC2c2ccccc2)cc1. The molecule has 6 rings (SSSR count). The van der Waals surface area contributed by atoms with Gasteiger partial charge in [0, 0.05) is 18.6 Å². The molecular weight excluding hydrogens is 494 g/mol. The predicted molar refractivity (Wildman–Crippen MR) is 146 cm³/mol. The number of carbonyl (C=O) groups excluding carboxylic acids is 1. The molecule has 0 spiro atoms. The number of hydrogen-bond donors (Lipinski definition) is 0. The number of nitro groups is 1. The van der Waals surface area contributed by atoms with E-state index in [1.165, 1.54) is 12.1 Å². The molecule has 0 bridgehead atoms. The Kier molecular flexibility index (Phi) is 6.28. The third-order valence-electron chi connectivity index (χ3n) is 7.23. The normalized spacial score (nSPS) is 20.1. The van der Waals surface area contributed by atoms with E-state index < -0.39 is 17.1 Å². The molecule has 3 unspecified atom stereocenters. The summed E-state index contributed by atoms with van der Waals surface area (Å²) >= 11 is 0. The number of nitro benzene ring substituents is 1. The van der Waals surface area contributed by atoms with Gasteiger partial charge in [0.05, 0.1) is 29.4 Å². The number of ketones is 1. The van der Waals surface area contributed by atoms with Crippen LogP contribution in [0.1, 0.15) is 45.6 Å². The van der Waals surface area contributed by atoms with Crippen LogP contribution in [0.2, 0.25) is 0 Å². The second-order valence-electron chi connectivity index (χ2n) is 9.48. The summed E-state index contributed by atoms with van der Waals surface area (Å²) in [6.07, 6.45) is -0.0905. The predicted octanol–water partition coefficient (Wildman–Crippen LogP) is 6.14. The Hall–Kier alpha value is -4.98. The summed E-state index contributed by atoms with van der Waals surface area (Å²) in [4.78, 5) is 24.9. The molecule has 2 aliphatic rings. The molecule has 0 saturated carbocycles. The number of hydrogen-bond acceptors (Lipinski definition) is 7. The minimum atomic E-state index is -0.742. The lowest BCUT2D eigenvalue weighted by molar-refractivity contribution is -0.384. The van der Waals surface area contributed by atoms with Crippen molar-refractivity contribution in [2.24, 2.45) is 5.10 Å². The summed E-state index contributed by atoms with van der Waals surface area (Å²) in [5.41, 5.74) is 3.89. The number of nitrogens with zero attached hydrogens (tertiary/aromatic N) is 3. The zero-order chi connectivity index (χ0) is 26.9. The van der Waals surface area contributed by atoms with Gasteiger partial charge in [-0.3, -0.25) is 19.9 Å². The largest absolute Gasteiger partial charge is 0.497 e. The van der Waals surface area contributed by atoms with Crippen LogP contribution in [0.5, 0.6) is 11.5 Å². The zero-order valence-corrected chi connectivity index (χ0v) is 21.1. The first-order chi connectivity index (χ1) is 19.0. The first-order valence-electron chi connectivity index (χ1n) is 12.6. The third-order valence-corrected chi connectivity index (χ3v) is 7.23. The highest BCUT2D eigenvalue weighted by molar-refractivity contribution is 6.05. The van der Waals surface area contributed by atoms with E-state index in [1.807, 2.05) is 77.8 Å². The highest BCUT2D eigenvalue weighted by atomic mass is 16.6. The van der Waals surface area contributed by atoms with Crippen molar-refractivity contribution in [2.75, 3.05) is 7.11 Å². The highest BCUT2D eigenvalue weighted by Crippen LogP contribution is 2.44. The van der Waals surface area contributed by atoms with Crippen LogP contribution in [0.15, 0.2) is 108 Å². The van der Waals surface area contributed by atoms with Crippen LogP contribution in [0.4, 0.5) is 5.69 Å². The van der Waals surface area contributed by atoms with Crippen molar-refractivity contribution in [1.82, 2.24) is 5.01 Å². The molecule has 0 saturated heterocycles. The van der Waals surface area contributed by atoms with Crippen molar-refractivity contribution in [1.29, 1.82) is 0 Å². The molecule has 3 atom stereocenters. The van der Waals surface area contributed by atoms with Crippen LogP contribution in [-0.4, -0.2) is 34.6 Å². The molecule has 39 heavy (non-hydrogen) atoms. The zero-order valence-electron chi connectivity index (χ0n) is 21.1. The molecule has 4 aromatic carbocycles. The topological polar surface area (TPSA) is 94.3 Å². The number of ether oxygens (including phenoxy) is 2. The molecule has 0 N–H and O–H groups in total. The Labute approximate surface area is 225 Å². The molecule has 4 aromatic rings. The Morgan fingerprint density at radius 1 is 0.897 bits per heavy atom. The van der Waals surface area contributed by atoms with Crippen molar-refractivity contribution in [3.8, 4) is 11.5 Å². The van der Waals surface area contributed by atoms with Crippen molar-refractivity contribution < 1.29 is 19.2 Å². The Bertz CT molecular complexity index is 1550. The molecule has 0 amide bonds. The Balaban J connectivity index is 1.47. The fourth-order valence-corrected chi connectivity index (χ4v) is 5.25. The van der Waals surface area contributed by atoms with E-state index in [9.17, 15) is 14.9 Å². The van der Waals surface area contributed by atoms with Gasteiger partial charge in [-0.1, -0.05) is 54.6 Å². The number of para-hydroxylation sites is 1. The monoisotopic (exact) mass is 519 g/mol. The molecule has 0 aliphatic carbocycles. The second kappa shape index (κ2) is 10.1. The minimum absolute atomic E-state index is 0.0147. The van der Waals surface area contributed by atoms with Gasteiger partial charge in [0.2, 0.25) is 0 Å². The maximum absolute atomic E-state index is 14.2. The summed E-state index contributed by atoms with van der Waals surface area (Å²) in [6, 6.07) is 30.1. The molecule has 0 fully saturated rings. The molecule has 8 heteroatoms. The lowest BCUT2D eigenvalue weighted by Crippen LogP contribution is -2.47. The summed E-state index contributed by atoms with van der Waals surface area (Å²) in [7, 11) is 1.61. The average Bonchev–Trinajstić information content (AvgIpc) is 3.42. The lowest BCUT2D eigenvalue weighted by Gasteiger charge is -2.39. The van der Waals surface area contributed by atoms with Crippen LogP contribution in [0.3, 0.4) is 0 Å². The van der Waals surface area contributed by atoms with Crippen molar-refractivity contribution in [2.45, 2.75) is 24.6 Å². The van der Waals surface area contributed by atoms with Crippen molar-refractivity contribution >= 4 is 17.2 Å². The van der Waals surface area contributed by atoms with Crippen LogP contribution >= 0.6 is 0 Å². The molecule has 194 valence electrons. The summed E-state index contributed by atoms with van der Waals surface area (Å²) in [5.74, 6) is 1.17. The van der Waals surface area contributed by atoms with Gasteiger partial charge >= 0.3 is 0 Å². The standard InChI is InChI=1S/C31H25N3O5/c1-38-24-17-13-22(14-18-24)31-29(30(35)25-9-5-6-10-28(25)39-31)33-27(21-7-3-2-4-8-21)19-26(32-33)20-11-15-23(16-12-20)34(36)37/h2-18,27,29,31H,19H2,1H3. The fraction of sp³-hybridized carbons (Fsp3) is 0.161. The summed E-state index contributed by atoms with van der Waals surface area (Å²) in [5, 5.41) is 18.0. The average molecular weight is 520 g/mol. The molecular formula is C31H25N3O5. The van der Waals surface area contributed by atoms with Gasteiger partial charge in [-0.05, 0) is 53.1 Å². The number of fused-ring (bicyclic) bond motifs is 1. The maximum Gasteiger partial charge on any atom is 0.269 e. The molecule has 0 aromatic heterocycles. The van der Waals surface area contributed by atoms with Crippen LogP contribution in [0.25, 0.3) is 0 Å².